The Morgan fingerprint density at radius 2 is 1.93 bits per heavy atom. The molecule has 8 heteroatoms. The van der Waals surface area contributed by atoms with E-state index in [0.717, 1.165) is 11.3 Å². The predicted octanol–water partition coefficient (Wildman–Crippen LogP) is 3.35. The number of hydrogen-bond acceptors (Lipinski definition) is 6. The van der Waals surface area contributed by atoms with Gasteiger partial charge in [-0.05, 0) is 49.4 Å². The number of benzene rings is 2. The highest BCUT2D eigenvalue weighted by molar-refractivity contribution is 6.05. The van der Waals surface area contributed by atoms with E-state index in [9.17, 15) is 9.59 Å². The lowest BCUT2D eigenvalue weighted by Gasteiger charge is -2.30. The van der Waals surface area contributed by atoms with Crippen LogP contribution in [0.25, 0.3) is 11.3 Å². The van der Waals surface area contributed by atoms with Gasteiger partial charge in [0.25, 0.3) is 11.8 Å². The fourth-order valence-electron chi connectivity index (χ4n) is 3.06. The van der Waals surface area contributed by atoms with Crippen LogP contribution in [0.4, 0.5) is 11.4 Å². The quantitative estimate of drug-likeness (QED) is 0.731. The lowest BCUT2D eigenvalue weighted by Crippen LogP contribution is -2.41. The average Bonchev–Trinajstić information content (AvgIpc) is 3.23. The summed E-state index contributed by atoms with van der Waals surface area (Å²) in [5.41, 5.74) is 2.02. The second-order valence-electron chi connectivity index (χ2n) is 6.60. The standard InChI is InChI=1S/C21H19N3O5/c1-12-21(26)24(2)17-10-14(6-9-18(17)28-12)22-20(25)16-11-19(29-23-16)13-4-7-15(27-3)8-5-13/h4-12H,1-3H3,(H,22,25)/t12-/m1/s1. The van der Waals surface area contributed by atoms with Gasteiger partial charge in [0.1, 0.15) is 11.5 Å². The molecule has 1 aliphatic heterocycles. The molecular weight excluding hydrogens is 374 g/mol. The number of nitrogens with one attached hydrogen (secondary N) is 1. The predicted molar refractivity (Wildman–Crippen MR) is 106 cm³/mol. The summed E-state index contributed by atoms with van der Waals surface area (Å²) in [5.74, 6) is 1.20. The third-order valence-corrected chi connectivity index (χ3v) is 4.68. The first kappa shape index (κ1) is 18.5. The number of likely N-dealkylation sites (N-methyl/N-ethyl adjacent to an activating group) is 1. The van der Waals surface area contributed by atoms with Gasteiger partial charge in [-0.25, -0.2) is 0 Å². The van der Waals surface area contributed by atoms with Crippen molar-refractivity contribution in [1.82, 2.24) is 5.16 Å². The molecule has 2 aromatic carbocycles. The van der Waals surface area contributed by atoms with Crippen molar-refractivity contribution >= 4 is 23.2 Å². The summed E-state index contributed by atoms with van der Waals surface area (Å²) in [4.78, 5) is 26.2. The fraction of sp³-hybridized carbons (Fsp3) is 0.190. The van der Waals surface area contributed by atoms with Crippen molar-refractivity contribution in [2.45, 2.75) is 13.0 Å². The van der Waals surface area contributed by atoms with E-state index < -0.39 is 12.0 Å². The van der Waals surface area contributed by atoms with Gasteiger partial charge in [0, 0.05) is 24.4 Å². The van der Waals surface area contributed by atoms with Gasteiger partial charge in [-0.15, -0.1) is 0 Å². The van der Waals surface area contributed by atoms with Crippen molar-refractivity contribution in [3.05, 3.63) is 54.2 Å². The summed E-state index contributed by atoms with van der Waals surface area (Å²) in [6.45, 7) is 1.70. The number of carbonyl (C=O) groups excluding carboxylic acids is 2. The van der Waals surface area contributed by atoms with Gasteiger partial charge in [-0.3, -0.25) is 9.59 Å². The van der Waals surface area contributed by atoms with E-state index in [1.165, 1.54) is 4.90 Å². The molecule has 1 aliphatic rings. The number of rotatable bonds is 4. The zero-order chi connectivity index (χ0) is 20.5. The van der Waals surface area contributed by atoms with Crippen molar-refractivity contribution < 1.29 is 23.6 Å². The molecule has 0 fully saturated rings. The largest absolute Gasteiger partial charge is 0.497 e. The van der Waals surface area contributed by atoms with Crippen LogP contribution >= 0.6 is 0 Å². The molecule has 0 aliphatic carbocycles. The highest BCUT2D eigenvalue weighted by Crippen LogP contribution is 2.35. The Labute approximate surface area is 167 Å². The molecule has 29 heavy (non-hydrogen) atoms. The number of nitrogens with zero attached hydrogens (tertiary/aromatic N) is 2. The summed E-state index contributed by atoms with van der Waals surface area (Å²) in [7, 11) is 3.26. The maximum atomic E-state index is 12.6. The zero-order valence-electron chi connectivity index (χ0n) is 16.1. The number of methoxy groups -OCH3 is 1. The third kappa shape index (κ3) is 3.52. The number of aromatic nitrogens is 1. The molecule has 0 bridgehead atoms. The molecule has 0 unspecified atom stereocenters. The molecule has 3 aromatic rings. The maximum Gasteiger partial charge on any atom is 0.277 e. The summed E-state index contributed by atoms with van der Waals surface area (Å²) in [5, 5.41) is 6.61. The minimum absolute atomic E-state index is 0.142. The molecule has 0 saturated carbocycles. The Morgan fingerprint density at radius 1 is 1.17 bits per heavy atom. The number of amides is 2. The second-order valence-corrected chi connectivity index (χ2v) is 6.60. The van der Waals surface area contributed by atoms with Crippen LogP contribution in [0, 0.1) is 0 Å². The number of fused-ring (bicyclic) bond motifs is 1. The van der Waals surface area contributed by atoms with E-state index in [2.05, 4.69) is 10.5 Å². The number of ether oxygens (including phenoxy) is 2. The van der Waals surface area contributed by atoms with Gasteiger partial charge in [0.2, 0.25) is 0 Å². The monoisotopic (exact) mass is 393 g/mol. The minimum Gasteiger partial charge on any atom is -0.497 e. The van der Waals surface area contributed by atoms with Gasteiger partial charge in [-0.1, -0.05) is 5.16 Å². The second kappa shape index (κ2) is 7.31. The summed E-state index contributed by atoms with van der Waals surface area (Å²) < 4.78 is 16.0. The summed E-state index contributed by atoms with van der Waals surface area (Å²) in [6.07, 6.45) is -0.542. The van der Waals surface area contributed by atoms with Crippen molar-refractivity contribution in [3.63, 3.8) is 0 Å². The van der Waals surface area contributed by atoms with E-state index >= 15 is 0 Å². The Hall–Kier alpha value is -3.81. The Morgan fingerprint density at radius 3 is 2.66 bits per heavy atom. The van der Waals surface area contributed by atoms with Crippen LogP contribution in [-0.2, 0) is 4.79 Å². The number of anilines is 2. The van der Waals surface area contributed by atoms with Gasteiger partial charge >= 0.3 is 0 Å². The van der Waals surface area contributed by atoms with E-state index in [4.69, 9.17) is 14.0 Å². The van der Waals surface area contributed by atoms with E-state index in [0.29, 0.717) is 22.9 Å². The molecule has 4 rings (SSSR count). The first-order valence-corrected chi connectivity index (χ1v) is 8.97. The van der Waals surface area contributed by atoms with Crippen LogP contribution in [-0.4, -0.2) is 37.2 Å². The minimum atomic E-state index is -0.542. The molecule has 1 aromatic heterocycles. The lowest BCUT2D eigenvalue weighted by atomic mass is 10.1. The fourth-order valence-corrected chi connectivity index (χ4v) is 3.06. The zero-order valence-corrected chi connectivity index (χ0v) is 16.1. The first-order chi connectivity index (χ1) is 14.0. The Bertz CT molecular complexity index is 1070. The molecule has 148 valence electrons. The van der Waals surface area contributed by atoms with Crippen LogP contribution in [0.3, 0.4) is 0 Å². The van der Waals surface area contributed by atoms with Gasteiger partial charge < -0.3 is 24.2 Å². The summed E-state index contributed by atoms with van der Waals surface area (Å²) >= 11 is 0. The lowest BCUT2D eigenvalue weighted by molar-refractivity contribution is -0.125. The average molecular weight is 393 g/mol. The van der Waals surface area contributed by atoms with E-state index in [-0.39, 0.29) is 11.6 Å². The smallest absolute Gasteiger partial charge is 0.277 e. The highest BCUT2D eigenvalue weighted by Gasteiger charge is 2.29. The van der Waals surface area contributed by atoms with Gasteiger partial charge in [0.15, 0.2) is 17.6 Å². The van der Waals surface area contributed by atoms with Crippen LogP contribution in [0.15, 0.2) is 53.1 Å². The molecule has 0 radical (unpaired) electrons. The Balaban J connectivity index is 1.52. The van der Waals surface area contributed by atoms with Crippen LogP contribution < -0.4 is 19.7 Å². The SMILES string of the molecule is COc1ccc(-c2cc(C(=O)Nc3ccc4c(c3)N(C)C(=O)[C@@H](C)O4)no2)cc1. The van der Waals surface area contributed by atoms with Crippen LogP contribution in [0.5, 0.6) is 11.5 Å². The van der Waals surface area contributed by atoms with E-state index in [1.807, 2.05) is 12.1 Å². The van der Waals surface area contributed by atoms with Crippen molar-refractivity contribution in [2.75, 3.05) is 24.4 Å². The molecular formula is C21H19N3O5. The van der Waals surface area contributed by atoms with Crippen LogP contribution in [0.2, 0.25) is 0 Å². The molecule has 0 saturated heterocycles. The molecule has 1 atom stereocenters. The van der Waals surface area contributed by atoms with E-state index in [1.54, 1.807) is 57.5 Å². The van der Waals surface area contributed by atoms with Gasteiger partial charge in [0.05, 0.1) is 12.8 Å². The molecule has 0 spiro atoms. The van der Waals surface area contributed by atoms with Gasteiger partial charge in [-0.2, -0.15) is 0 Å². The summed E-state index contributed by atoms with van der Waals surface area (Å²) in [6, 6.07) is 13.9. The molecule has 2 amide bonds. The number of carbonyl (C=O) groups is 2. The normalized spacial score (nSPS) is 15.5. The van der Waals surface area contributed by atoms with Crippen molar-refractivity contribution in [2.24, 2.45) is 0 Å². The first-order valence-electron chi connectivity index (χ1n) is 8.97. The number of hydrogen-bond donors (Lipinski definition) is 1. The topological polar surface area (TPSA) is 93.9 Å². The molecule has 2 heterocycles. The molecule has 1 N–H and O–H groups in total. The van der Waals surface area contributed by atoms with Crippen molar-refractivity contribution in [3.8, 4) is 22.8 Å². The van der Waals surface area contributed by atoms with Crippen LogP contribution in [0.1, 0.15) is 17.4 Å². The Kier molecular flexibility index (Phi) is 4.67. The van der Waals surface area contributed by atoms with Crippen molar-refractivity contribution in [1.29, 1.82) is 0 Å². The maximum absolute atomic E-state index is 12.6. The third-order valence-electron chi connectivity index (χ3n) is 4.68. The molecule has 8 nitrogen and oxygen atoms in total. The highest BCUT2D eigenvalue weighted by atomic mass is 16.5.